The molecular weight excluding hydrogens is 783 g/mol. The minimum atomic E-state index is 1.08. The lowest BCUT2D eigenvalue weighted by atomic mass is 9.89. The largest absolute Gasteiger partial charge is 0.310 e. The third-order valence-corrected chi connectivity index (χ3v) is 13.0. The van der Waals surface area contributed by atoms with Crippen molar-refractivity contribution < 1.29 is 0 Å². The molecule has 0 atom stereocenters. The van der Waals surface area contributed by atoms with Gasteiger partial charge in [-0.25, -0.2) is 0 Å². The first-order valence-corrected chi connectivity index (χ1v) is 22.4. The van der Waals surface area contributed by atoms with Gasteiger partial charge >= 0.3 is 0 Å². The standard InChI is InChI=1S/C64H43N/c1-3-14-44(15-4-1)47-26-28-49(29-27-47)52-20-13-21-54(41-52)61-42-62-59-24-11-9-22-57(59)58-23-10-12-25-60(58)63(62)43-64(61)65(55-36-32-48(33-37-55)45-16-5-2-6-17-45)56-38-34-50(35-39-56)53-31-30-46-18-7-8-19-51(46)40-53/h1-43H. The Kier molecular flexibility index (Phi) is 9.58. The minimum absolute atomic E-state index is 1.08. The molecule has 1 nitrogen and oxygen atoms in total. The number of fused-ring (bicyclic) bond motifs is 7. The smallest absolute Gasteiger partial charge is 0.0546 e. The molecule has 1 heteroatoms. The molecule has 0 radical (unpaired) electrons. The summed E-state index contributed by atoms with van der Waals surface area (Å²) >= 11 is 0. The van der Waals surface area contributed by atoms with Crippen LogP contribution in [0.2, 0.25) is 0 Å². The summed E-state index contributed by atoms with van der Waals surface area (Å²) < 4.78 is 0. The van der Waals surface area contributed by atoms with Crippen molar-refractivity contribution in [3.05, 3.63) is 261 Å². The Morgan fingerprint density at radius 1 is 0.200 bits per heavy atom. The number of hydrogen-bond donors (Lipinski definition) is 0. The van der Waals surface area contributed by atoms with Crippen LogP contribution in [-0.4, -0.2) is 0 Å². The van der Waals surface area contributed by atoms with E-state index < -0.39 is 0 Å². The lowest BCUT2D eigenvalue weighted by Gasteiger charge is -2.29. The molecule has 0 aliphatic heterocycles. The fraction of sp³-hybridized carbons (Fsp3) is 0. The second-order valence-electron chi connectivity index (χ2n) is 16.9. The van der Waals surface area contributed by atoms with Crippen LogP contribution in [0.5, 0.6) is 0 Å². The highest BCUT2D eigenvalue weighted by molar-refractivity contribution is 6.26. The molecule has 0 spiro atoms. The van der Waals surface area contributed by atoms with E-state index in [-0.39, 0.29) is 0 Å². The lowest BCUT2D eigenvalue weighted by molar-refractivity contribution is 1.29. The molecule has 0 aliphatic carbocycles. The van der Waals surface area contributed by atoms with Gasteiger partial charge in [0.25, 0.3) is 0 Å². The molecule has 0 bridgehead atoms. The Morgan fingerprint density at radius 2 is 0.569 bits per heavy atom. The van der Waals surface area contributed by atoms with E-state index >= 15 is 0 Å². The number of benzene rings is 12. The summed E-state index contributed by atoms with van der Waals surface area (Å²) in [5.74, 6) is 0. The van der Waals surface area contributed by atoms with Crippen LogP contribution < -0.4 is 4.90 Å². The van der Waals surface area contributed by atoms with E-state index in [2.05, 4.69) is 266 Å². The fourth-order valence-electron chi connectivity index (χ4n) is 9.74. The van der Waals surface area contributed by atoms with Crippen LogP contribution in [0.25, 0.3) is 98.7 Å². The molecule has 0 aromatic heterocycles. The minimum Gasteiger partial charge on any atom is -0.310 e. The SMILES string of the molecule is c1ccc(-c2ccc(-c3cccc(-c4cc5c6ccccc6c6ccccc6c5cc4N(c4ccc(-c5ccccc5)cc4)c4ccc(-c5ccc6ccccc6c5)cc4)c3)cc2)cc1. The Labute approximate surface area is 379 Å². The molecule has 12 aromatic rings. The first-order valence-electron chi connectivity index (χ1n) is 22.4. The van der Waals surface area contributed by atoms with Crippen molar-refractivity contribution in [1.82, 2.24) is 0 Å². The van der Waals surface area contributed by atoms with Gasteiger partial charge in [-0.1, -0.05) is 212 Å². The average Bonchev–Trinajstić information content (AvgIpc) is 3.39. The molecule has 0 unspecified atom stereocenters. The van der Waals surface area contributed by atoms with Crippen LogP contribution >= 0.6 is 0 Å². The Morgan fingerprint density at radius 3 is 1.12 bits per heavy atom. The van der Waals surface area contributed by atoms with Crippen LogP contribution in [0.15, 0.2) is 261 Å². The second-order valence-corrected chi connectivity index (χ2v) is 16.9. The lowest BCUT2D eigenvalue weighted by Crippen LogP contribution is -2.11. The van der Waals surface area contributed by atoms with Crippen molar-refractivity contribution in [2.45, 2.75) is 0 Å². The molecule has 0 aliphatic rings. The number of rotatable bonds is 8. The Bertz CT molecular complexity index is 3670. The molecule has 304 valence electrons. The summed E-state index contributed by atoms with van der Waals surface area (Å²) in [7, 11) is 0. The highest BCUT2D eigenvalue weighted by Crippen LogP contribution is 2.47. The topological polar surface area (TPSA) is 3.24 Å². The fourth-order valence-corrected chi connectivity index (χ4v) is 9.74. The van der Waals surface area contributed by atoms with Crippen molar-refractivity contribution in [2.75, 3.05) is 4.90 Å². The van der Waals surface area contributed by atoms with E-state index in [9.17, 15) is 0 Å². The van der Waals surface area contributed by atoms with E-state index in [1.54, 1.807) is 0 Å². The maximum Gasteiger partial charge on any atom is 0.0546 e. The van der Waals surface area contributed by atoms with Crippen molar-refractivity contribution in [1.29, 1.82) is 0 Å². The molecular formula is C64H43N. The molecule has 0 amide bonds. The van der Waals surface area contributed by atoms with Gasteiger partial charge in [-0.2, -0.15) is 0 Å². The van der Waals surface area contributed by atoms with E-state index in [4.69, 9.17) is 0 Å². The normalized spacial score (nSPS) is 11.4. The summed E-state index contributed by atoms with van der Waals surface area (Å²) in [6.45, 7) is 0. The maximum atomic E-state index is 2.46. The van der Waals surface area contributed by atoms with Gasteiger partial charge in [-0.05, 0) is 142 Å². The third-order valence-electron chi connectivity index (χ3n) is 13.0. The molecule has 12 rings (SSSR count). The summed E-state index contributed by atoms with van der Waals surface area (Å²) in [5.41, 5.74) is 15.1. The van der Waals surface area contributed by atoms with E-state index in [0.29, 0.717) is 0 Å². The highest BCUT2D eigenvalue weighted by atomic mass is 15.1. The van der Waals surface area contributed by atoms with E-state index in [1.165, 1.54) is 87.6 Å². The van der Waals surface area contributed by atoms with Gasteiger partial charge in [0, 0.05) is 16.9 Å². The zero-order valence-electron chi connectivity index (χ0n) is 35.8. The predicted octanol–water partition coefficient (Wildman–Crippen LogP) is 18.1. The third kappa shape index (κ3) is 7.10. The van der Waals surface area contributed by atoms with Crippen molar-refractivity contribution in [3.63, 3.8) is 0 Å². The second kappa shape index (κ2) is 16.3. The summed E-state index contributed by atoms with van der Waals surface area (Å²) in [4.78, 5) is 2.46. The van der Waals surface area contributed by atoms with E-state index in [1.807, 2.05) is 0 Å². The van der Waals surface area contributed by atoms with Crippen LogP contribution in [0.4, 0.5) is 17.1 Å². The summed E-state index contributed by atoms with van der Waals surface area (Å²) in [6.07, 6.45) is 0. The molecule has 65 heavy (non-hydrogen) atoms. The maximum absolute atomic E-state index is 2.46. The number of hydrogen-bond acceptors (Lipinski definition) is 1. The Balaban J connectivity index is 1.08. The summed E-state index contributed by atoms with van der Waals surface area (Å²) in [5, 5.41) is 9.96. The van der Waals surface area contributed by atoms with Gasteiger partial charge in [-0.15, -0.1) is 0 Å². The molecule has 12 aromatic carbocycles. The quantitative estimate of drug-likeness (QED) is 0.138. The van der Waals surface area contributed by atoms with Gasteiger partial charge in [0.1, 0.15) is 0 Å². The van der Waals surface area contributed by atoms with Crippen LogP contribution in [0, 0.1) is 0 Å². The van der Waals surface area contributed by atoms with Crippen molar-refractivity contribution in [3.8, 4) is 55.6 Å². The van der Waals surface area contributed by atoms with Crippen LogP contribution in [0.1, 0.15) is 0 Å². The van der Waals surface area contributed by atoms with Gasteiger partial charge in [-0.3, -0.25) is 0 Å². The molecule has 0 saturated heterocycles. The number of anilines is 3. The zero-order valence-corrected chi connectivity index (χ0v) is 35.8. The highest BCUT2D eigenvalue weighted by Gasteiger charge is 2.21. The van der Waals surface area contributed by atoms with Gasteiger partial charge < -0.3 is 4.90 Å². The van der Waals surface area contributed by atoms with Crippen molar-refractivity contribution >= 4 is 60.2 Å². The van der Waals surface area contributed by atoms with Crippen LogP contribution in [0.3, 0.4) is 0 Å². The Hall–Kier alpha value is -8.52. The van der Waals surface area contributed by atoms with E-state index in [0.717, 1.165) is 28.2 Å². The molecule has 0 N–H and O–H groups in total. The monoisotopic (exact) mass is 825 g/mol. The first-order chi connectivity index (χ1) is 32.2. The average molecular weight is 826 g/mol. The van der Waals surface area contributed by atoms with Gasteiger partial charge in [0.05, 0.1) is 5.69 Å². The van der Waals surface area contributed by atoms with Gasteiger partial charge in [0.15, 0.2) is 0 Å². The molecule has 0 heterocycles. The van der Waals surface area contributed by atoms with Gasteiger partial charge in [0.2, 0.25) is 0 Å². The van der Waals surface area contributed by atoms with Crippen LogP contribution in [-0.2, 0) is 0 Å². The first kappa shape index (κ1) is 38.2. The zero-order chi connectivity index (χ0) is 43.1. The predicted molar refractivity (Wildman–Crippen MR) is 278 cm³/mol. The molecule has 0 saturated carbocycles. The number of nitrogens with zero attached hydrogens (tertiary/aromatic N) is 1. The molecule has 0 fully saturated rings. The summed E-state index contributed by atoms with van der Waals surface area (Å²) in [6, 6.07) is 95.4. The van der Waals surface area contributed by atoms with Crippen molar-refractivity contribution in [2.24, 2.45) is 0 Å².